The average Bonchev–Trinajstić information content (AvgIpc) is 2.10. The molecule has 0 heterocycles. The highest BCUT2D eigenvalue weighted by Gasteiger charge is 2.13. The third-order valence-corrected chi connectivity index (χ3v) is 1.70. The molecule has 0 saturated carbocycles. The molecule has 0 aromatic carbocycles. The van der Waals surface area contributed by atoms with E-state index < -0.39 is 0 Å². The van der Waals surface area contributed by atoms with Crippen LogP contribution >= 0.6 is 0 Å². The second kappa shape index (κ2) is 4.56. The summed E-state index contributed by atoms with van der Waals surface area (Å²) in [4.78, 5) is 22.1. The van der Waals surface area contributed by atoms with Crippen molar-refractivity contribution in [1.82, 2.24) is 0 Å². The minimum atomic E-state index is -0.258. The minimum absolute atomic E-state index is 0.124. The zero-order chi connectivity index (χ0) is 10.6. The fraction of sp³-hybridized carbons (Fsp3) is 0.273. The van der Waals surface area contributed by atoms with Crippen molar-refractivity contribution in [1.29, 1.82) is 0 Å². The van der Waals surface area contributed by atoms with Crippen LogP contribution in [0.25, 0.3) is 0 Å². The molecule has 0 bridgehead atoms. The Kier molecular flexibility index (Phi) is 3.40. The van der Waals surface area contributed by atoms with Crippen molar-refractivity contribution in [2.75, 3.05) is 6.61 Å². The molecule has 0 unspecified atom stereocenters. The first kappa shape index (κ1) is 10.4. The maximum atomic E-state index is 11.2. The largest absolute Gasteiger partial charge is 0.489 e. The smallest absolute Gasteiger partial charge is 0.220 e. The molecule has 14 heavy (non-hydrogen) atoms. The standard InChI is InChI=1S/C11H12O3/c1-8(2)5-6-14-11-7-9(12)3-4-10(11)13/h3-4,7H,1,5-6H2,2H3. The number of ether oxygens (including phenoxy) is 1. The molecular weight excluding hydrogens is 180 g/mol. The predicted molar refractivity (Wildman–Crippen MR) is 52.6 cm³/mol. The van der Waals surface area contributed by atoms with Gasteiger partial charge in [0, 0.05) is 12.5 Å². The van der Waals surface area contributed by atoms with Crippen LogP contribution in [0.4, 0.5) is 0 Å². The van der Waals surface area contributed by atoms with E-state index in [4.69, 9.17) is 4.74 Å². The summed E-state index contributed by atoms with van der Waals surface area (Å²) < 4.78 is 5.16. The highest BCUT2D eigenvalue weighted by molar-refractivity contribution is 6.16. The van der Waals surface area contributed by atoms with Gasteiger partial charge in [0.15, 0.2) is 11.5 Å². The zero-order valence-electron chi connectivity index (χ0n) is 8.08. The average molecular weight is 192 g/mol. The summed E-state index contributed by atoms with van der Waals surface area (Å²) in [5.41, 5.74) is 0.982. The Labute approximate surface area is 82.8 Å². The van der Waals surface area contributed by atoms with Gasteiger partial charge in [-0.1, -0.05) is 5.57 Å². The normalized spacial score (nSPS) is 15.4. The van der Waals surface area contributed by atoms with E-state index >= 15 is 0 Å². The summed E-state index contributed by atoms with van der Waals surface area (Å²) in [7, 11) is 0. The molecule has 0 amide bonds. The lowest BCUT2D eigenvalue weighted by atomic mass is 10.1. The molecule has 3 nitrogen and oxygen atoms in total. The van der Waals surface area contributed by atoms with Crippen LogP contribution in [0.5, 0.6) is 0 Å². The molecule has 0 fully saturated rings. The first-order chi connectivity index (χ1) is 6.59. The molecule has 1 rings (SSSR count). The second-order valence-corrected chi connectivity index (χ2v) is 3.16. The second-order valence-electron chi connectivity index (χ2n) is 3.16. The van der Waals surface area contributed by atoms with Crippen molar-refractivity contribution in [3.8, 4) is 0 Å². The summed E-state index contributed by atoms with van der Waals surface area (Å²) >= 11 is 0. The third-order valence-electron chi connectivity index (χ3n) is 1.70. The number of carbonyl (C=O) groups is 2. The van der Waals surface area contributed by atoms with Gasteiger partial charge < -0.3 is 4.74 Å². The Hall–Kier alpha value is -1.64. The lowest BCUT2D eigenvalue weighted by Crippen LogP contribution is -2.11. The molecule has 0 aromatic heterocycles. The SMILES string of the molecule is C=C(C)CCOC1=CC(=O)C=CC1=O. The minimum Gasteiger partial charge on any atom is -0.489 e. The fourth-order valence-electron chi connectivity index (χ4n) is 0.936. The van der Waals surface area contributed by atoms with E-state index in [1.54, 1.807) is 0 Å². The highest BCUT2D eigenvalue weighted by Crippen LogP contribution is 2.08. The number of hydrogen-bond donors (Lipinski definition) is 0. The van der Waals surface area contributed by atoms with Crippen LogP contribution in [0.15, 0.2) is 36.1 Å². The maximum absolute atomic E-state index is 11.2. The number of ketones is 2. The van der Waals surface area contributed by atoms with Gasteiger partial charge in [-0.25, -0.2) is 0 Å². The molecule has 1 aliphatic carbocycles. The number of carbonyl (C=O) groups excluding carboxylic acids is 2. The van der Waals surface area contributed by atoms with Gasteiger partial charge in [0.05, 0.1) is 6.61 Å². The van der Waals surface area contributed by atoms with Gasteiger partial charge in [0.2, 0.25) is 5.78 Å². The molecule has 0 spiro atoms. The van der Waals surface area contributed by atoms with E-state index in [0.717, 1.165) is 5.57 Å². The Morgan fingerprint density at radius 3 is 2.79 bits per heavy atom. The van der Waals surface area contributed by atoms with Gasteiger partial charge in [0.1, 0.15) is 0 Å². The van der Waals surface area contributed by atoms with Crippen LogP contribution in [0.1, 0.15) is 13.3 Å². The lowest BCUT2D eigenvalue weighted by molar-refractivity contribution is -0.117. The lowest BCUT2D eigenvalue weighted by Gasteiger charge is -2.09. The van der Waals surface area contributed by atoms with E-state index in [1.807, 2.05) is 6.92 Å². The Morgan fingerprint density at radius 1 is 1.43 bits per heavy atom. The van der Waals surface area contributed by atoms with Crippen molar-refractivity contribution in [2.45, 2.75) is 13.3 Å². The molecule has 3 heteroatoms. The van der Waals surface area contributed by atoms with E-state index in [-0.39, 0.29) is 17.3 Å². The van der Waals surface area contributed by atoms with E-state index in [9.17, 15) is 9.59 Å². The van der Waals surface area contributed by atoms with Crippen molar-refractivity contribution in [2.24, 2.45) is 0 Å². The van der Waals surface area contributed by atoms with Crippen molar-refractivity contribution in [3.05, 3.63) is 36.1 Å². The van der Waals surface area contributed by atoms with Crippen LogP contribution in [0.3, 0.4) is 0 Å². The fourth-order valence-corrected chi connectivity index (χ4v) is 0.936. The van der Waals surface area contributed by atoms with Gasteiger partial charge in [-0.15, -0.1) is 6.58 Å². The molecule has 0 aliphatic heterocycles. The first-order valence-electron chi connectivity index (χ1n) is 4.35. The van der Waals surface area contributed by atoms with Crippen LogP contribution in [0, 0.1) is 0 Å². The van der Waals surface area contributed by atoms with Crippen LogP contribution in [0.2, 0.25) is 0 Å². The summed E-state index contributed by atoms with van der Waals surface area (Å²) in [6.07, 6.45) is 4.34. The summed E-state index contributed by atoms with van der Waals surface area (Å²) in [6.45, 7) is 5.97. The van der Waals surface area contributed by atoms with Crippen LogP contribution < -0.4 is 0 Å². The monoisotopic (exact) mass is 192 g/mol. The zero-order valence-corrected chi connectivity index (χ0v) is 8.08. The van der Waals surface area contributed by atoms with Gasteiger partial charge in [0.25, 0.3) is 0 Å². The Balaban J connectivity index is 2.48. The van der Waals surface area contributed by atoms with Gasteiger partial charge in [-0.2, -0.15) is 0 Å². The quantitative estimate of drug-likeness (QED) is 0.501. The van der Waals surface area contributed by atoms with Crippen LogP contribution in [-0.4, -0.2) is 18.2 Å². The summed E-state index contributed by atoms with van der Waals surface area (Å²) in [6, 6.07) is 0. The van der Waals surface area contributed by atoms with E-state index in [2.05, 4.69) is 6.58 Å². The van der Waals surface area contributed by atoms with Gasteiger partial charge >= 0.3 is 0 Å². The maximum Gasteiger partial charge on any atom is 0.220 e. The molecular formula is C11H12O3. The molecule has 0 N–H and O–H groups in total. The van der Waals surface area contributed by atoms with E-state index in [1.165, 1.54) is 18.2 Å². The topological polar surface area (TPSA) is 43.4 Å². The van der Waals surface area contributed by atoms with Crippen LogP contribution in [-0.2, 0) is 14.3 Å². The number of allylic oxidation sites excluding steroid dienone is 3. The molecule has 0 aromatic rings. The predicted octanol–water partition coefficient (Wildman–Crippen LogP) is 1.56. The molecule has 1 aliphatic rings. The van der Waals surface area contributed by atoms with Gasteiger partial charge in [-0.3, -0.25) is 9.59 Å². The Bertz CT molecular complexity index is 334. The number of rotatable bonds is 4. The van der Waals surface area contributed by atoms with Gasteiger partial charge in [-0.05, 0) is 19.1 Å². The summed E-state index contributed by atoms with van der Waals surface area (Å²) in [5.74, 6) is -0.347. The van der Waals surface area contributed by atoms with E-state index in [0.29, 0.717) is 13.0 Å². The summed E-state index contributed by atoms with van der Waals surface area (Å²) in [5, 5.41) is 0. The molecule has 0 radical (unpaired) electrons. The molecule has 0 atom stereocenters. The molecule has 0 saturated heterocycles. The van der Waals surface area contributed by atoms with Crippen molar-refractivity contribution < 1.29 is 14.3 Å². The highest BCUT2D eigenvalue weighted by atomic mass is 16.5. The Morgan fingerprint density at radius 2 is 2.14 bits per heavy atom. The third kappa shape index (κ3) is 3.01. The number of hydrogen-bond acceptors (Lipinski definition) is 3. The molecule has 74 valence electrons. The van der Waals surface area contributed by atoms with Crippen molar-refractivity contribution in [3.63, 3.8) is 0 Å². The first-order valence-corrected chi connectivity index (χ1v) is 4.35. The van der Waals surface area contributed by atoms with Crippen molar-refractivity contribution >= 4 is 11.6 Å².